The first-order valence-corrected chi connectivity index (χ1v) is 8.18. The van der Waals surface area contributed by atoms with Gasteiger partial charge in [-0.1, -0.05) is 31.2 Å². The van der Waals surface area contributed by atoms with Gasteiger partial charge in [-0.2, -0.15) is 0 Å². The van der Waals surface area contributed by atoms with Gasteiger partial charge in [0.25, 0.3) is 0 Å². The highest BCUT2D eigenvalue weighted by atomic mass is 16.5. The Hall–Kier alpha value is -1.10. The Balaban J connectivity index is 2.56. The van der Waals surface area contributed by atoms with Gasteiger partial charge in [-0.25, -0.2) is 5.01 Å². The maximum Gasteiger partial charge on any atom is 0.0727 e. The summed E-state index contributed by atoms with van der Waals surface area (Å²) in [5, 5.41) is 2.25. The molecule has 0 radical (unpaired) electrons. The van der Waals surface area contributed by atoms with Gasteiger partial charge in [0.05, 0.1) is 12.8 Å². The van der Waals surface area contributed by atoms with E-state index in [9.17, 15) is 0 Å². The smallest absolute Gasteiger partial charge is 0.0727 e. The predicted molar refractivity (Wildman–Crippen MR) is 94.3 cm³/mol. The van der Waals surface area contributed by atoms with Crippen LogP contribution >= 0.6 is 0 Å². The van der Waals surface area contributed by atoms with Gasteiger partial charge in [0.1, 0.15) is 0 Å². The molecule has 0 bridgehead atoms. The molecule has 1 fully saturated rings. The molecule has 0 aliphatic carbocycles. The van der Waals surface area contributed by atoms with Crippen molar-refractivity contribution in [2.75, 3.05) is 20.8 Å². The Morgan fingerprint density at radius 3 is 2.77 bits per heavy atom. The highest BCUT2D eigenvalue weighted by Crippen LogP contribution is 2.21. The lowest BCUT2D eigenvalue weighted by Gasteiger charge is -2.25. The van der Waals surface area contributed by atoms with E-state index >= 15 is 0 Å². The lowest BCUT2D eigenvalue weighted by atomic mass is 10.0. The molecule has 0 amide bonds. The van der Waals surface area contributed by atoms with Crippen molar-refractivity contribution in [2.45, 2.75) is 58.7 Å². The van der Waals surface area contributed by atoms with Crippen molar-refractivity contribution >= 4 is 0 Å². The average Bonchev–Trinajstić information content (AvgIpc) is 2.76. The number of hydrogen-bond acceptors (Lipinski definition) is 4. The molecule has 0 aromatic rings. The van der Waals surface area contributed by atoms with E-state index in [4.69, 9.17) is 4.74 Å². The van der Waals surface area contributed by atoms with Crippen molar-refractivity contribution < 1.29 is 4.74 Å². The molecule has 0 aromatic carbocycles. The zero-order chi connectivity index (χ0) is 16.7. The lowest BCUT2D eigenvalue weighted by molar-refractivity contribution is 0.156. The second-order valence-corrected chi connectivity index (χ2v) is 6.25. The fourth-order valence-electron chi connectivity index (χ4n) is 2.58. The molecule has 1 aliphatic rings. The third-order valence-electron chi connectivity index (χ3n) is 4.48. The van der Waals surface area contributed by atoms with Gasteiger partial charge in [-0.3, -0.25) is 4.90 Å². The zero-order valence-corrected chi connectivity index (χ0v) is 15.1. The summed E-state index contributed by atoms with van der Waals surface area (Å²) in [4.78, 5) is 2.39. The van der Waals surface area contributed by atoms with Crippen LogP contribution in [-0.4, -0.2) is 48.9 Å². The number of ether oxygens (including phenoxy) is 1. The summed E-state index contributed by atoms with van der Waals surface area (Å²) in [6.07, 6.45) is 8.69. The van der Waals surface area contributed by atoms with E-state index in [0.717, 1.165) is 25.2 Å². The molecule has 1 rings (SSSR count). The normalized spacial score (nSPS) is 25.8. The first kappa shape index (κ1) is 18.9. The van der Waals surface area contributed by atoms with Gasteiger partial charge < -0.3 is 10.2 Å². The van der Waals surface area contributed by atoms with E-state index in [0.29, 0.717) is 12.1 Å². The molecular weight excluding hydrogens is 274 g/mol. The number of methoxy groups -OCH3 is 1. The molecule has 1 saturated heterocycles. The standard InChI is InChI=1S/C18H33N3O/c1-8-14(2)9-12-18-17(5)21(13-20(18)6)19-15(3)10-11-16(4)22-7/h9-11,16-19H,3,8,12-13H2,1-2,4-7H3/b11-10-,14-9+/t16-,17?,18?/m1/s1. The molecule has 4 nitrogen and oxygen atoms in total. The Morgan fingerprint density at radius 2 is 2.18 bits per heavy atom. The number of allylic oxidation sites excluding steroid dienone is 2. The highest BCUT2D eigenvalue weighted by Gasteiger charge is 2.34. The van der Waals surface area contributed by atoms with Crippen molar-refractivity contribution in [1.29, 1.82) is 0 Å². The fraction of sp³-hybridized carbons (Fsp3) is 0.667. The van der Waals surface area contributed by atoms with Crippen molar-refractivity contribution in [3.05, 3.63) is 36.1 Å². The van der Waals surface area contributed by atoms with Crippen LogP contribution < -0.4 is 5.43 Å². The van der Waals surface area contributed by atoms with E-state index in [-0.39, 0.29) is 6.10 Å². The van der Waals surface area contributed by atoms with Gasteiger partial charge in [-0.15, -0.1) is 0 Å². The summed E-state index contributed by atoms with van der Waals surface area (Å²) in [5.41, 5.74) is 5.76. The van der Waals surface area contributed by atoms with Crippen molar-refractivity contribution in [3.8, 4) is 0 Å². The SMILES string of the molecule is C=C(/C=C\[C@@H](C)OC)NN1CN(C)C(C/C=C(\C)CC)C1C. The topological polar surface area (TPSA) is 27.7 Å². The molecule has 126 valence electrons. The Kier molecular flexibility index (Phi) is 7.87. The lowest BCUT2D eigenvalue weighted by Crippen LogP contribution is -2.41. The quantitative estimate of drug-likeness (QED) is 0.550. The summed E-state index contributed by atoms with van der Waals surface area (Å²) in [6.45, 7) is 13.7. The number of nitrogens with zero attached hydrogens (tertiary/aromatic N) is 2. The summed E-state index contributed by atoms with van der Waals surface area (Å²) in [6, 6.07) is 0.972. The number of nitrogens with one attached hydrogen (secondary N) is 1. The molecule has 1 N–H and O–H groups in total. The van der Waals surface area contributed by atoms with Crippen LogP contribution in [0.3, 0.4) is 0 Å². The van der Waals surface area contributed by atoms with Crippen LogP contribution in [0.15, 0.2) is 36.1 Å². The van der Waals surface area contributed by atoms with Crippen LogP contribution in [0.5, 0.6) is 0 Å². The Morgan fingerprint density at radius 1 is 1.50 bits per heavy atom. The summed E-state index contributed by atoms with van der Waals surface area (Å²) in [5.74, 6) is 0. The minimum Gasteiger partial charge on any atom is -0.378 e. The molecule has 1 heterocycles. The van der Waals surface area contributed by atoms with Crippen LogP contribution in [0.25, 0.3) is 0 Å². The zero-order valence-electron chi connectivity index (χ0n) is 15.1. The van der Waals surface area contributed by atoms with Gasteiger partial charge in [0.2, 0.25) is 0 Å². The molecule has 2 unspecified atom stereocenters. The van der Waals surface area contributed by atoms with E-state index < -0.39 is 0 Å². The van der Waals surface area contributed by atoms with Gasteiger partial charge in [0.15, 0.2) is 0 Å². The number of likely N-dealkylation sites (N-methyl/N-ethyl adjacent to an activating group) is 1. The molecular formula is C18H33N3O. The number of rotatable bonds is 8. The molecule has 0 aromatic heterocycles. The van der Waals surface area contributed by atoms with Crippen LogP contribution in [0.4, 0.5) is 0 Å². The first-order valence-electron chi connectivity index (χ1n) is 8.18. The minimum absolute atomic E-state index is 0.104. The molecule has 0 spiro atoms. The highest BCUT2D eigenvalue weighted by molar-refractivity contribution is 5.13. The van der Waals surface area contributed by atoms with Crippen molar-refractivity contribution in [2.24, 2.45) is 0 Å². The fourth-order valence-corrected chi connectivity index (χ4v) is 2.58. The summed E-state index contributed by atoms with van der Waals surface area (Å²) >= 11 is 0. The predicted octanol–water partition coefficient (Wildman–Crippen LogP) is 3.30. The van der Waals surface area contributed by atoms with Crippen molar-refractivity contribution in [1.82, 2.24) is 15.3 Å². The Bertz CT molecular complexity index is 417. The third-order valence-corrected chi connectivity index (χ3v) is 4.48. The largest absolute Gasteiger partial charge is 0.378 e. The van der Waals surface area contributed by atoms with Crippen LogP contribution in [0.2, 0.25) is 0 Å². The van der Waals surface area contributed by atoms with Crippen LogP contribution in [-0.2, 0) is 4.74 Å². The second-order valence-electron chi connectivity index (χ2n) is 6.25. The third kappa shape index (κ3) is 5.59. The number of hydrogen-bond donors (Lipinski definition) is 1. The second kappa shape index (κ2) is 9.13. The van der Waals surface area contributed by atoms with Crippen LogP contribution in [0, 0.1) is 0 Å². The van der Waals surface area contributed by atoms with E-state index in [1.807, 2.05) is 19.1 Å². The molecule has 4 heteroatoms. The van der Waals surface area contributed by atoms with E-state index in [1.165, 1.54) is 5.57 Å². The molecule has 3 atom stereocenters. The first-order chi connectivity index (χ1) is 10.4. The maximum atomic E-state index is 5.21. The molecule has 0 saturated carbocycles. The average molecular weight is 307 g/mol. The van der Waals surface area contributed by atoms with Crippen LogP contribution in [0.1, 0.15) is 40.5 Å². The summed E-state index contributed by atoms with van der Waals surface area (Å²) < 4.78 is 5.21. The molecule has 22 heavy (non-hydrogen) atoms. The van der Waals surface area contributed by atoms with Gasteiger partial charge >= 0.3 is 0 Å². The number of hydrazine groups is 1. The van der Waals surface area contributed by atoms with Gasteiger partial charge in [-0.05, 0) is 46.7 Å². The molecule has 1 aliphatic heterocycles. The van der Waals surface area contributed by atoms with Gasteiger partial charge in [0, 0.05) is 24.9 Å². The maximum absolute atomic E-state index is 5.21. The summed E-state index contributed by atoms with van der Waals surface area (Å²) in [7, 11) is 3.89. The van der Waals surface area contributed by atoms with Crippen molar-refractivity contribution in [3.63, 3.8) is 0 Å². The van der Waals surface area contributed by atoms with E-state index in [1.54, 1.807) is 7.11 Å². The minimum atomic E-state index is 0.104. The monoisotopic (exact) mass is 307 g/mol. The van der Waals surface area contributed by atoms with E-state index in [2.05, 4.69) is 55.8 Å². The Labute approximate surface area is 136 Å².